The molecule has 7 heteroatoms. The molecule has 166 valence electrons. The maximum absolute atomic E-state index is 12.6. The van der Waals surface area contributed by atoms with Gasteiger partial charge in [0.2, 0.25) is 5.88 Å². The van der Waals surface area contributed by atoms with Crippen molar-refractivity contribution >= 4 is 17.6 Å². The van der Waals surface area contributed by atoms with Crippen molar-refractivity contribution in [2.45, 2.75) is 19.3 Å². The summed E-state index contributed by atoms with van der Waals surface area (Å²) in [5.74, 6) is 0.436. The zero-order chi connectivity index (χ0) is 23.4. The number of hydrogen-bond acceptors (Lipinski definition) is 6. The minimum Gasteiger partial charge on any atom is -0.494 e. The van der Waals surface area contributed by atoms with Gasteiger partial charge in [-0.05, 0) is 54.4 Å². The van der Waals surface area contributed by atoms with Crippen LogP contribution in [0.1, 0.15) is 40.7 Å². The first-order valence-electron chi connectivity index (χ1n) is 10.4. The van der Waals surface area contributed by atoms with Crippen LogP contribution in [0, 0.1) is 11.3 Å². The van der Waals surface area contributed by atoms with E-state index in [1.807, 2.05) is 19.1 Å². The topological polar surface area (TPSA) is 94.6 Å². The number of rotatable bonds is 6. The van der Waals surface area contributed by atoms with E-state index in [4.69, 9.17) is 31.5 Å². The first-order chi connectivity index (χ1) is 16.0. The molecule has 0 spiro atoms. The van der Waals surface area contributed by atoms with Crippen molar-refractivity contribution in [2.75, 3.05) is 6.61 Å². The van der Waals surface area contributed by atoms with Crippen molar-refractivity contribution in [1.82, 2.24) is 0 Å². The fraction of sp³-hybridized carbons (Fsp3) is 0.154. The molecule has 0 fully saturated rings. The van der Waals surface area contributed by atoms with Crippen LogP contribution < -0.4 is 19.9 Å². The number of benzene rings is 3. The molecule has 6 nitrogen and oxygen atoms in total. The molecule has 1 aliphatic rings. The number of allylic oxidation sites excluding steroid dienone is 1. The molecule has 3 aromatic rings. The molecule has 0 aliphatic carbocycles. The van der Waals surface area contributed by atoms with Crippen molar-refractivity contribution in [3.8, 4) is 23.3 Å². The maximum atomic E-state index is 12.6. The van der Waals surface area contributed by atoms with Crippen LogP contribution in [0.15, 0.2) is 78.2 Å². The lowest BCUT2D eigenvalue weighted by Crippen LogP contribution is -2.21. The van der Waals surface area contributed by atoms with E-state index in [1.165, 1.54) is 0 Å². The minimum atomic E-state index is -0.513. The van der Waals surface area contributed by atoms with Crippen molar-refractivity contribution in [3.63, 3.8) is 0 Å². The summed E-state index contributed by atoms with van der Waals surface area (Å²) >= 11 is 6.17. The molecule has 3 aromatic carbocycles. The quantitative estimate of drug-likeness (QED) is 0.382. The highest BCUT2D eigenvalue weighted by atomic mass is 35.5. The zero-order valence-corrected chi connectivity index (χ0v) is 18.6. The van der Waals surface area contributed by atoms with Gasteiger partial charge in [-0.3, -0.25) is 0 Å². The number of carbonyl (C=O) groups is 1. The highest BCUT2D eigenvalue weighted by Gasteiger charge is 2.31. The second-order valence-corrected chi connectivity index (χ2v) is 7.88. The lowest BCUT2D eigenvalue weighted by atomic mass is 9.83. The average molecular weight is 461 g/mol. The van der Waals surface area contributed by atoms with E-state index in [0.717, 1.165) is 17.5 Å². The lowest BCUT2D eigenvalue weighted by molar-refractivity contribution is 0.0734. The van der Waals surface area contributed by atoms with Crippen LogP contribution in [0.3, 0.4) is 0 Å². The van der Waals surface area contributed by atoms with Gasteiger partial charge in [-0.25, -0.2) is 4.79 Å². The molecule has 0 amide bonds. The van der Waals surface area contributed by atoms with Gasteiger partial charge in [0, 0.05) is 16.7 Å². The standard InChI is InChI=1S/C26H21ClN2O4/c1-2-12-31-19-8-6-16(7-9-19)26(30)32-20-10-11-21-23(14-20)33-25(29)22(15-28)24(21)17-4-3-5-18(27)13-17/h3-11,13-14,24H,2,12,29H2,1H3. The molecule has 1 aliphatic heterocycles. The van der Waals surface area contributed by atoms with Gasteiger partial charge in [-0.2, -0.15) is 5.26 Å². The number of nitrogens with two attached hydrogens (primary N) is 1. The number of hydrogen-bond donors (Lipinski definition) is 1. The fourth-order valence-electron chi connectivity index (χ4n) is 3.60. The van der Waals surface area contributed by atoms with E-state index in [1.54, 1.807) is 54.6 Å². The lowest BCUT2D eigenvalue weighted by Gasteiger charge is -2.26. The number of halogens is 1. The molecular formula is C26H21ClN2O4. The second-order valence-electron chi connectivity index (χ2n) is 7.44. The van der Waals surface area contributed by atoms with Crippen LogP contribution in [0.5, 0.6) is 17.2 Å². The second kappa shape index (κ2) is 9.68. The van der Waals surface area contributed by atoms with Gasteiger partial charge in [-0.15, -0.1) is 0 Å². The smallest absolute Gasteiger partial charge is 0.343 e. The predicted molar refractivity (Wildman–Crippen MR) is 124 cm³/mol. The molecule has 0 saturated heterocycles. The Morgan fingerprint density at radius 3 is 2.58 bits per heavy atom. The Labute approximate surface area is 196 Å². The Balaban J connectivity index is 1.59. The van der Waals surface area contributed by atoms with Crippen LogP contribution >= 0.6 is 11.6 Å². The molecule has 0 saturated carbocycles. The summed E-state index contributed by atoms with van der Waals surface area (Å²) in [5, 5.41) is 10.2. The number of fused-ring (bicyclic) bond motifs is 1. The van der Waals surface area contributed by atoms with E-state index in [2.05, 4.69) is 6.07 Å². The van der Waals surface area contributed by atoms with Gasteiger partial charge in [0.05, 0.1) is 18.1 Å². The van der Waals surface area contributed by atoms with Crippen molar-refractivity contribution < 1.29 is 19.0 Å². The third-order valence-electron chi connectivity index (χ3n) is 5.15. The first kappa shape index (κ1) is 22.3. The van der Waals surface area contributed by atoms with Gasteiger partial charge in [0.25, 0.3) is 0 Å². The van der Waals surface area contributed by atoms with Gasteiger partial charge in [0.15, 0.2) is 0 Å². The Morgan fingerprint density at radius 2 is 1.88 bits per heavy atom. The highest BCUT2D eigenvalue weighted by Crippen LogP contribution is 2.43. The Bertz CT molecular complexity index is 1260. The largest absolute Gasteiger partial charge is 0.494 e. The molecule has 4 rings (SSSR count). The molecule has 0 aromatic heterocycles. The molecular weight excluding hydrogens is 440 g/mol. The number of carbonyl (C=O) groups excluding carboxylic acids is 1. The van der Waals surface area contributed by atoms with E-state index < -0.39 is 11.9 Å². The van der Waals surface area contributed by atoms with Crippen LogP contribution in [0.4, 0.5) is 0 Å². The zero-order valence-electron chi connectivity index (χ0n) is 17.9. The van der Waals surface area contributed by atoms with Gasteiger partial charge in [0.1, 0.15) is 28.9 Å². The summed E-state index contributed by atoms with van der Waals surface area (Å²) in [5.41, 5.74) is 8.25. The monoisotopic (exact) mass is 460 g/mol. The van der Waals surface area contributed by atoms with E-state index >= 15 is 0 Å². The first-order valence-corrected chi connectivity index (χ1v) is 10.8. The number of ether oxygens (including phenoxy) is 3. The third kappa shape index (κ3) is 4.79. The summed E-state index contributed by atoms with van der Waals surface area (Å²) in [6, 6.07) is 21.1. The van der Waals surface area contributed by atoms with Crippen LogP contribution in [-0.2, 0) is 0 Å². The highest BCUT2D eigenvalue weighted by molar-refractivity contribution is 6.30. The molecule has 33 heavy (non-hydrogen) atoms. The van der Waals surface area contributed by atoms with E-state index in [0.29, 0.717) is 40.0 Å². The third-order valence-corrected chi connectivity index (χ3v) is 5.38. The molecule has 1 atom stereocenters. The average Bonchev–Trinajstić information content (AvgIpc) is 2.82. The number of esters is 1. The van der Waals surface area contributed by atoms with Crippen molar-refractivity contribution in [2.24, 2.45) is 5.73 Å². The Hall–Kier alpha value is -3.95. The van der Waals surface area contributed by atoms with Gasteiger partial charge < -0.3 is 19.9 Å². The molecule has 0 radical (unpaired) electrons. The summed E-state index contributed by atoms with van der Waals surface area (Å²) in [6.07, 6.45) is 0.901. The summed E-state index contributed by atoms with van der Waals surface area (Å²) < 4.78 is 16.8. The molecule has 1 unspecified atom stereocenters. The van der Waals surface area contributed by atoms with Crippen LogP contribution in [0.25, 0.3) is 0 Å². The van der Waals surface area contributed by atoms with Gasteiger partial charge in [-0.1, -0.05) is 36.7 Å². The Kier molecular flexibility index (Phi) is 6.53. The number of nitriles is 1. The van der Waals surface area contributed by atoms with Crippen LogP contribution in [-0.4, -0.2) is 12.6 Å². The normalized spacial score (nSPS) is 14.6. The number of nitrogens with zero attached hydrogens (tertiary/aromatic N) is 1. The molecule has 0 bridgehead atoms. The summed E-state index contributed by atoms with van der Waals surface area (Å²) in [6.45, 7) is 2.63. The van der Waals surface area contributed by atoms with Gasteiger partial charge >= 0.3 is 5.97 Å². The Morgan fingerprint density at radius 1 is 1.12 bits per heavy atom. The van der Waals surface area contributed by atoms with Crippen molar-refractivity contribution in [3.05, 3.63) is 99.9 Å². The predicted octanol–water partition coefficient (Wildman–Crippen LogP) is 5.57. The SMILES string of the molecule is CCCOc1ccc(C(=O)Oc2ccc3c(c2)OC(N)=C(C#N)C3c2cccc(Cl)c2)cc1. The van der Waals surface area contributed by atoms with E-state index in [9.17, 15) is 10.1 Å². The summed E-state index contributed by atoms with van der Waals surface area (Å²) in [4.78, 5) is 12.6. The maximum Gasteiger partial charge on any atom is 0.343 e. The molecule has 2 N–H and O–H groups in total. The van der Waals surface area contributed by atoms with Crippen LogP contribution in [0.2, 0.25) is 5.02 Å². The minimum absolute atomic E-state index is 0.00104. The van der Waals surface area contributed by atoms with Crippen molar-refractivity contribution in [1.29, 1.82) is 5.26 Å². The fourth-order valence-corrected chi connectivity index (χ4v) is 3.80. The summed E-state index contributed by atoms with van der Waals surface area (Å²) in [7, 11) is 0. The van der Waals surface area contributed by atoms with E-state index in [-0.39, 0.29) is 5.88 Å². The molecule has 1 heterocycles.